The molecule has 7 aromatic carbocycles. The average molecular weight is 657 g/mol. The van der Waals surface area contributed by atoms with Crippen molar-refractivity contribution in [3.8, 4) is 44.5 Å². The second-order valence-electron chi connectivity index (χ2n) is 11.7. The Balaban J connectivity index is 1.24. The Morgan fingerprint density at radius 1 is 0.348 bits per heavy atom. The first kappa shape index (κ1) is 29.5. The molecule has 0 aromatic heterocycles. The summed E-state index contributed by atoms with van der Waals surface area (Å²) < 4.78 is 1.11. The first-order chi connectivity index (χ1) is 22.5. The number of nitrogens with zero attached hydrogens (tertiary/aromatic N) is 1. The van der Waals surface area contributed by atoms with Gasteiger partial charge in [-0.1, -0.05) is 137 Å². The standard InChI is InChI=1S/C44H34BrN/c1-31-29-39(45)21-27-43(31)37-13-15-38(16-14-37)44-28-26-42(30-32(44)2)46(40-22-17-35(18-23-40)33-9-5-3-6-10-33)41-24-19-36(20-25-41)34-11-7-4-8-12-34/h3-30H,1-2H3. The molecular formula is C44H34BrN. The van der Waals surface area contributed by atoms with E-state index in [1.807, 2.05) is 0 Å². The summed E-state index contributed by atoms with van der Waals surface area (Å²) in [4.78, 5) is 2.35. The first-order valence-electron chi connectivity index (χ1n) is 15.6. The Morgan fingerprint density at radius 2 is 0.717 bits per heavy atom. The van der Waals surface area contributed by atoms with Crippen molar-refractivity contribution in [3.05, 3.63) is 185 Å². The van der Waals surface area contributed by atoms with Gasteiger partial charge in [0, 0.05) is 21.5 Å². The largest absolute Gasteiger partial charge is 0.310 e. The molecule has 1 nitrogen and oxygen atoms in total. The van der Waals surface area contributed by atoms with Crippen molar-refractivity contribution < 1.29 is 0 Å². The minimum Gasteiger partial charge on any atom is -0.310 e. The molecule has 222 valence electrons. The SMILES string of the molecule is Cc1cc(Br)ccc1-c1ccc(-c2ccc(N(c3ccc(-c4ccccc4)cc3)c3ccc(-c4ccccc4)cc3)cc2C)cc1. The van der Waals surface area contributed by atoms with Gasteiger partial charge in [-0.15, -0.1) is 0 Å². The van der Waals surface area contributed by atoms with Crippen LogP contribution in [0.25, 0.3) is 44.5 Å². The Kier molecular flexibility index (Phi) is 8.37. The zero-order chi connectivity index (χ0) is 31.5. The third-order valence-corrected chi connectivity index (χ3v) is 9.12. The highest BCUT2D eigenvalue weighted by Gasteiger charge is 2.15. The zero-order valence-corrected chi connectivity index (χ0v) is 27.6. The van der Waals surface area contributed by atoms with Crippen molar-refractivity contribution in [2.75, 3.05) is 4.90 Å². The molecular weight excluding hydrogens is 622 g/mol. The summed E-state index contributed by atoms with van der Waals surface area (Å²) in [6.07, 6.45) is 0. The Hall–Kier alpha value is -5.18. The van der Waals surface area contributed by atoms with E-state index in [1.165, 1.54) is 55.6 Å². The molecule has 46 heavy (non-hydrogen) atoms. The zero-order valence-electron chi connectivity index (χ0n) is 26.0. The van der Waals surface area contributed by atoms with Gasteiger partial charge in [0.15, 0.2) is 0 Å². The molecule has 0 fully saturated rings. The van der Waals surface area contributed by atoms with Crippen LogP contribution in [0.15, 0.2) is 174 Å². The minimum absolute atomic E-state index is 1.11. The van der Waals surface area contributed by atoms with Crippen LogP contribution in [0.2, 0.25) is 0 Å². The highest BCUT2D eigenvalue weighted by atomic mass is 79.9. The highest BCUT2D eigenvalue weighted by molar-refractivity contribution is 9.10. The smallest absolute Gasteiger partial charge is 0.0464 e. The van der Waals surface area contributed by atoms with Crippen LogP contribution in [0.3, 0.4) is 0 Å². The number of benzene rings is 7. The van der Waals surface area contributed by atoms with Gasteiger partial charge in [0.25, 0.3) is 0 Å². The second kappa shape index (κ2) is 13.0. The summed E-state index contributed by atoms with van der Waals surface area (Å²) in [5.41, 5.74) is 15.6. The molecule has 0 spiro atoms. The van der Waals surface area contributed by atoms with Crippen molar-refractivity contribution in [2.45, 2.75) is 13.8 Å². The van der Waals surface area contributed by atoms with E-state index in [0.29, 0.717) is 0 Å². The van der Waals surface area contributed by atoms with Gasteiger partial charge in [-0.25, -0.2) is 0 Å². The van der Waals surface area contributed by atoms with Crippen LogP contribution >= 0.6 is 15.9 Å². The molecule has 0 aliphatic heterocycles. The van der Waals surface area contributed by atoms with Crippen LogP contribution in [0.4, 0.5) is 17.1 Å². The summed E-state index contributed by atoms with van der Waals surface area (Å²) in [6.45, 7) is 4.37. The van der Waals surface area contributed by atoms with Crippen molar-refractivity contribution in [3.63, 3.8) is 0 Å². The van der Waals surface area contributed by atoms with Gasteiger partial charge in [-0.2, -0.15) is 0 Å². The fraction of sp³-hybridized carbons (Fsp3) is 0.0455. The summed E-state index contributed by atoms with van der Waals surface area (Å²) in [7, 11) is 0. The number of rotatable bonds is 7. The third kappa shape index (κ3) is 6.18. The Morgan fingerprint density at radius 3 is 1.15 bits per heavy atom. The van der Waals surface area contributed by atoms with Crippen LogP contribution in [0, 0.1) is 13.8 Å². The molecule has 0 heterocycles. The fourth-order valence-electron chi connectivity index (χ4n) is 6.21. The maximum atomic E-state index is 3.59. The summed E-state index contributed by atoms with van der Waals surface area (Å²) in [5, 5.41) is 0. The van der Waals surface area contributed by atoms with Crippen LogP contribution in [-0.2, 0) is 0 Å². The van der Waals surface area contributed by atoms with Crippen molar-refractivity contribution in [2.24, 2.45) is 0 Å². The fourth-order valence-corrected chi connectivity index (χ4v) is 6.68. The molecule has 0 saturated heterocycles. The lowest BCUT2D eigenvalue weighted by molar-refractivity contribution is 1.27. The van der Waals surface area contributed by atoms with E-state index < -0.39 is 0 Å². The summed E-state index contributed by atoms with van der Waals surface area (Å²) in [5.74, 6) is 0. The van der Waals surface area contributed by atoms with E-state index in [9.17, 15) is 0 Å². The van der Waals surface area contributed by atoms with Gasteiger partial charge in [0.2, 0.25) is 0 Å². The van der Waals surface area contributed by atoms with Crippen LogP contribution in [0.1, 0.15) is 11.1 Å². The van der Waals surface area contributed by atoms with E-state index in [1.54, 1.807) is 0 Å². The van der Waals surface area contributed by atoms with E-state index in [4.69, 9.17) is 0 Å². The lowest BCUT2D eigenvalue weighted by Crippen LogP contribution is -2.10. The predicted molar refractivity (Wildman–Crippen MR) is 200 cm³/mol. The van der Waals surface area contributed by atoms with E-state index in [0.717, 1.165) is 21.5 Å². The maximum Gasteiger partial charge on any atom is 0.0464 e. The van der Waals surface area contributed by atoms with Crippen molar-refractivity contribution in [1.82, 2.24) is 0 Å². The van der Waals surface area contributed by atoms with Gasteiger partial charge in [0.1, 0.15) is 0 Å². The first-order valence-corrected chi connectivity index (χ1v) is 16.4. The van der Waals surface area contributed by atoms with Gasteiger partial charge >= 0.3 is 0 Å². The van der Waals surface area contributed by atoms with E-state index in [-0.39, 0.29) is 0 Å². The normalized spacial score (nSPS) is 10.9. The number of hydrogen-bond acceptors (Lipinski definition) is 1. The van der Waals surface area contributed by atoms with E-state index in [2.05, 4.69) is 205 Å². The monoisotopic (exact) mass is 655 g/mol. The maximum absolute atomic E-state index is 3.59. The quantitative estimate of drug-likeness (QED) is 0.165. The molecule has 0 aliphatic carbocycles. The number of aryl methyl sites for hydroxylation is 2. The molecule has 2 heteroatoms. The van der Waals surface area contributed by atoms with Crippen molar-refractivity contribution >= 4 is 33.0 Å². The van der Waals surface area contributed by atoms with Gasteiger partial charge in [-0.05, 0) is 118 Å². The molecule has 0 saturated carbocycles. The van der Waals surface area contributed by atoms with Crippen molar-refractivity contribution in [1.29, 1.82) is 0 Å². The molecule has 0 amide bonds. The summed E-state index contributed by atoms with van der Waals surface area (Å²) >= 11 is 3.59. The highest BCUT2D eigenvalue weighted by Crippen LogP contribution is 2.39. The lowest BCUT2D eigenvalue weighted by atomic mass is 9.95. The molecule has 0 aliphatic rings. The van der Waals surface area contributed by atoms with Crippen LogP contribution < -0.4 is 4.90 Å². The lowest BCUT2D eigenvalue weighted by Gasteiger charge is -2.27. The average Bonchev–Trinajstić information content (AvgIpc) is 3.10. The minimum atomic E-state index is 1.11. The molecule has 7 aromatic rings. The molecule has 0 unspecified atom stereocenters. The molecule has 0 N–H and O–H groups in total. The molecule has 0 radical (unpaired) electrons. The van der Waals surface area contributed by atoms with Gasteiger partial charge in [-0.3, -0.25) is 0 Å². The van der Waals surface area contributed by atoms with Crippen LogP contribution in [-0.4, -0.2) is 0 Å². The molecule has 7 rings (SSSR count). The van der Waals surface area contributed by atoms with Crippen LogP contribution in [0.5, 0.6) is 0 Å². The molecule has 0 atom stereocenters. The summed E-state index contributed by atoms with van der Waals surface area (Å²) in [6, 6.07) is 61.0. The predicted octanol–water partition coefficient (Wildman–Crippen LogP) is 13.2. The Bertz CT molecular complexity index is 2000. The number of halogens is 1. The van der Waals surface area contributed by atoms with E-state index >= 15 is 0 Å². The van der Waals surface area contributed by atoms with Gasteiger partial charge < -0.3 is 4.90 Å². The molecule has 0 bridgehead atoms. The number of anilines is 3. The second-order valence-corrected chi connectivity index (χ2v) is 12.6. The Labute approximate surface area is 280 Å². The number of hydrogen-bond donors (Lipinski definition) is 0. The van der Waals surface area contributed by atoms with Gasteiger partial charge in [0.05, 0.1) is 0 Å². The topological polar surface area (TPSA) is 3.24 Å². The third-order valence-electron chi connectivity index (χ3n) is 8.63.